The van der Waals surface area contributed by atoms with E-state index in [-0.39, 0.29) is 5.92 Å². The van der Waals surface area contributed by atoms with Gasteiger partial charge in [-0.25, -0.2) is 0 Å². The summed E-state index contributed by atoms with van der Waals surface area (Å²) in [4.78, 5) is 15.0. The van der Waals surface area contributed by atoms with Crippen LogP contribution in [-0.2, 0) is 11.3 Å². The molecule has 2 aliphatic rings. The highest BCUT2D eigenvalue weighted by Crippen LogP contribution is 2.22. The first-order valence-corrected chi connectivity index (χ1v) is 9.79. The van der Waals surface area contributed by atoms with Crippen LogP contribution in [0.15, 0.2) is 24.3 Å². The zero-order valence-corrected chi connectivity index (χ0v) is 15.1. The maximum Gasteiger partial charge on any atom is 0.223 e. The molecule has 0 radical (unpaired) electrons. The number of nitrogens with one attached hydrogen (secondary N) is 1. The van der Waals surface area contributed by atoms with Crippen molar-refractivity contribution in [2.24, 2.45) is 5.92 Å². The van der Waals surface area contributed by atoms with Crippen molar-refractivity contribution in [1.29, 1.82) is 0 Å². The van der Waals surface area contributed by atoms with Gasteiger partial charge in [-0.2, -0.15) is 0 Å². The number of piperidine rings is 1. The minimum atomic E-state index is 0.225. The molecule has 132 valence electrons. The molecule has 2 fully saturated rings. The molecule has 0 atom stereocenters. The lowest BCUT2D eigenvalue weighted by Crippen LogP contribution is -2.43. The zero-order valence-electron chi connectivity index (χ0n) is 15.1. The summed E-state index contributed by atoms with van der Waals surface area (Å²) in [5, 5.41) is 3.34. The summed E-state index contributed by atoms with van der Waals surface area (Å²) in [6, 6.07) is 9.25. The van der Waals surface area contributed by atoms with Gasteiger partial charge in [0, 0.05) is 18.5 Å². The number of rotatable bonds is 4. The van der Waals surface area contributed by atoms with Gasteiger partial charge < -0.3 is 5.32 Å². The third kappa shape index (κ3) is 5.07. The lowest BCUT2D eigenvalue weighted by molar-refractivity contribution is -0.127. The molecule has 0 bridgehead atoms. The molecule has 3 nitrogen and oxygen atoms in total. The van der Waals surface area contributed by atoms with Gasteiger partial charge in [0.05, 0.1) is 0 Å². The lowest BCUT2D eigenvalue weighted by Gasteiger charge is -2.32. The molecule has 0 unspecified atom stereocenters. The maximum absolute atomic E-state index is 12.6. The Balaban J connectivity index is 1.42. The molecular formula is C21H32N2O. The van der Waals surface area contributed by atoms with E-state index in [2.05, 4.69) is 41.4 Å². The number of hydrogen-bond acceptors (Lipinski definition) is 2. The number of aryl methyl sites for hydroxylation is 1. The average molecular weight is 329 g/mol. The van der Waals surface area contributed by atoms with Gasteiger partial charge in [0.2, 0.25) is 5.91 Å². The fourth-order valence-electron chi connectivity index (χ4n) is 4.05. The molecule has 1 amide bonds. The molecule has 3 heteroatoms. The SMILES string of the molecule is Cc1ccc(CN2CCC(C(=O)NC3CCCCCC3)CC2)cc1. The van der Waals surface area contributed by atoms with Gasteiger partial charge in [0.1, 0.15) is 0 Å². The monoisotopic (exact) mass is 328 g/mol. The minimum Gasteiger partial charge on any atom is -0.353 e. The summed E-state index contributed by atoms with van der Waals surface area (Å²) in [6.07, 6.45) is 9.60. The number of carbonyl (C=O) groups is 1. The smallest absolute Gasteiger partial charge is 0.223 e. The Morgan fingerprint density at radius 2 is 1.62 bits per heavy atom. The van der Waals surface area contributed by atoms with Crippen molar-refractivity contribution in [3.8, 4) is 0 Å². The molecule has 1 saturated carbocycles. The van der Waals surface area contributed by atoms with E-state index in [1.165, 1.54) is 49.7 Å². The second-order valence-electron chi connectivity index (χ2n) is 7.73. The number of likely N-dealkylation sites (tertiary alicyclic amines) is 1. The van der Waals surface area contributed by atoms with Crippen molar-refractivity contribution in [3.63, 3.8) is 0 Å². The fourth-order valence-corrected chi connectivity index (χ4v) is 4.05. The van der Waals surface area contributed by atoms with Crippen molar-refractivity contribution < 1.29 is 4.79 Å². The average Bonchev–Trinajstić information content (AvgIpc) is 2.86. The van der Waals surface area contributed by atoms with Crippen molar-refractivity contribution in [3.05, 3.63) is 35.4 Å². The van der Waals surface area contributed by atoms with Gasteiger partial charge in [-0.3, -0.25) is 9.69 Å². The van der Waals surface area contributed by atoms with Crippen LogP contribution in [0.5, 0.6) is 0 Å². The molecule has 1 aliphatic carbocycles. The van der Waals surface area contributed by atoms with Gasteiger partial charge in [0.25, 0.3) is 0 Å². The molecule has 0 spiro atoms. The van der Waals surface area contributed by atoms with Crippen molar-refractivity contribution in [2.45, 2.75) is 70.9 Å². The van der Waals surface area contributed by atoms with Gasteiger partial charge in [-0.05, 0) is 51.3 Å². The van der Waals surface area contributed by atoms with Crippen LogP contribution >= 0.6 is 0 Å². The quantitative estimate of drug-likeness (QED) is 0.846. The third-order valence-electron chi connectivity index (χ3n) is 5.69. The highest BCUT2D eigenvalue weighted by Gasteiger charge is 2.26. The Labute approximate surface area is 146 Å². The highest BCUT2D eigenvalue weighted by atomic mass is 16.1. The summed E-state index contributed by atoms with van der Waals surface area (Å²) in [5.41, 5.74) is 2.69. The summed E-state index contributed by atoms with van der Waals surface area (Å²) in [6.45, 7) is 5.21. The molecule has 0 aromatic heterocycles. The summed E-state index contributed by atoms with van der Waals surface area (Å²) >= 11 is 0. The van der Waals surface area contributed by atoms with E-state index in [0.717, 1.165) is 32.5 Å². The number of benzene rings is 1. The van der Waals surface area contributed by atoms with E-state index in [1.54, 1.807) is 0 Å². The van der Waals surface area contributed by atoms with Crippen LogP contribution < -0.4 is 5.32 Å². The Kier molecular flexibility index (Phi) is 6.30. The molecule has 1 aromatic carbocycles. The normalized spacial score (nSPS) is 21.4. The first-order chi connectivity index (χ1) is 11.7. The second kappa shape index (κ2) is 8.66. The number of amides is 1. The summed E-state index contributed by atoms with van der Waals surface area (Å²) < 4.78 is 0. The van der Waals surface area contributed by atoms with Gasteiger partial charge in [-0.1, -0.05) is 55.5 Å². The van der Waals surface area contributed by atoms with Crippen LogP contribution in [0.3, 0.4) is 0 Å². The first kappa shape index (κ1) is 17.5. The molecule has 1 aliphatic heterocycles. The highest BCUT2D eigenvalue weighted by molar-refractivity contribution is 5.79. The van der Waals surface area contributed by atoms with Crippen molar-refractivity contribution in [2.75, 3.05) is 13.1 Å². The summed E-state index contributed by atoms with van der Waals surface area (Å²) in [5.74, 6) is 0.541. The van der Waals surface area contributed by atoms with Gasteiger partial charge >= 0.3 is 0 Å². The lowest BCUT2D eigenvalue weighted by atomic mass is 9.94. The minimum absolute atomic E-state index is 0.225. The first-order valence-electron chi connectivity index (χ1n) is 9.79. The van der Waals surface area contributed by atoms with Crippen molar-refractivity contribution in [1.82, 2.24) is 10.2 Å². The Bertz CT molecular complexity index is 509. The standard InChI is InChI=1S/C21H32N2O/c1-17-8-10-18(11-9-17)16-23-14-12-19(13-15-23)21(24)22-20-6-4-2-3-5-7-20/h8-11,19-20H,2-7,12-16H2,1H3,(H,22,24). The van der Waals surface area contributed by atoms with Crippen LogP contribution in [0.2, 0.25) is 0 Å². The predicted molar refractivity (Wildman–Crippen MR) is 98.8 cm³/mol. The molecular weight excluding hydrogens is 296 g/mol. The third-order valence-corrected chi connectivity index (χ3v) is 5.69. The van der Waals surface area contributed by atoms with E-state index < -0.39 is 0 Å². The van der Waals surface area contributed by atoms with Crippen LogP contribution in [0.1, 0.15) is 62.5 Å². The van der Waals surface area contributed by atoms with E-state index in [1.807, 2.05) is 0 Å². The Morgan fingerprint density at radius 1 is 1.00 bits per heavy atom. The van der Waals surface area contributed by atoms with Crippen LogP contribution in [-0.4, -0.2) is 29.9 Å². The summed E-state index contributed by atoms with van der Waals surface area (Å²) in [7, 11) is 0. The van der Waals surface area contributed by atoms with E-state index in [9.17, 15) is 4.79 Å². The number of nitrogens with zero attached hydrogens (tertiary/aromatic N) is 1. The fraction of sp³-hybridized carbons (Fsp3) is 0.667. The second-order valence-corrected chi connectivity index (χ2v) is 7.73. The topological polar surface area (TPSA) is 32.3 Å². The molecule has 1 heterocycles. The molecule has 24 heavy (non-hydrogen) atoms. The van der Waals surface area contributed by atoms with Crippen molar-refractivity contribution >= 4 is 5.91 Å². The van der Waals surface area contributed by atoms with Gasteiger partial charge in [0.15, 0.2) is 0 Å². The molecule has 1 saturated heterocycles. The molecule has 1 aromatic rings. The van der Waals surface area contributed by atoms with Crippen LogP contribution in [0.25, 0.3) is 0 Å². The Morgan fingerprint density at radius 3 is 2.25 bits per heavy atom. The Hall–Kier alpha value is -1.35. The van der Waals surface area contributed by atoms with Crippen LogP contribution in [0, 0.1) is 12.8 Å². The molecule has 1 N–H and O–H groups in total. The number of carbonyl (C=O) groups excluding carboxylic acids is 1. The number of hydrogen-bond donors (Lipinski definition) is 1. The molecule has 3 rings (SSSR count). The predicted octanol–water partition coefficient (Wildman–Crippen LogP) is 4.05. The van der Waals surface area contributed by atoms with E-state index in [0.29, 0.717) is 11.9 Å². The van der Waals surface area contributed by atoms with Gasteiger partial charge in [-0.15, -0.1) is 0 Å². The van der Waals surface area contributed by atoms with E-state index >= 15 is 0 Å². The zero-order chi connectivity index (χ0) is 16.8. The van der Waals surface area contributed by atoms with Crippen LogP contribution in [0.4, 0.5) is 0 Å². The largest absolute Gasteiger partial charge is 0.353 e. The maximum atomic E-state index is 12.6. The van der Waals surface area contributed by atoms with E-state index in [4.69, 9.17) is 0 Å².